The molecule has 15 heavy (non-hydrogen) atoms. The molecule has 2 aliphatic rings. The van der Waals surface area contributed by atoms with Crippen LogP contribution in [0.4, 0.5) is 0 Å². The zero-order valence-electron chi connectivity index (χ0n) is 8.81. The van der Waals surface area contributed by atoms with Crippen molar-refractivity contribution in [1.29, 1.82) is 0 Å². The smallest absolute Gasteiger partial charge is 0.153 e. The standard InChI is InChI=1S/C10H18O4S/c11-10(3-6-15(12,13)8-10)7-9-1-4-14-5-2-9/h9,11H,1-8H2. The second-order valence-electron chi connectivity index (χ2n) is 4.83. The summed E-state index contributed by atoms with van der Waals surface area (Å²) in [5.41, 5.74) is -0.957. The first-order valence-electron chi connectivity index (χ1n) is 5.50. The van der Waals surface area contributed by atoms with Gasteiger partial charge in [0.15, 0.2) is 9.84 Å². The van der Waals surface area contributed by atoms with Gasteiger partial charge in [-0.25, -0.2) is 8.42 Å². The summed E-state index contributed by atoms with van der Waals surface area (Å²) in [4.78, 5) is 0. The normalized spacial score (nSPS) is 36.9. The van der Waals surface area contributed by atoms with Crippen LogP contribution >= 0.6 is 0 Å². The van der Waals surface area contributed by atoms with Crippen LogP contribution in [-0.4, -0.2) is 43.8 Å². The van der Waals surface area contributed by atoms with Crippen LogP contribution in [0.15, 0.2) is 0 Å². The molecule has 1 N–H and O–H groups in total. The molecule has 2 rings (SSSR count). The van der Waals surface area contributed by atoms with Gasteiger partial charge in [-0.1, -0.05) is 0 Å². The minimum atomic E-state index is -2.99. The van der Waals surface area contributed by atoms with Gasteiger partial charge < -0.3 is 9.84 Å². The minimum absolute atomic E-state index is 0.0443. The number of rotatable bonds is 2. The van der Waals surface area contributed by atoms with Crippen LogP contribution in [0.1, 0.15) is 25.7 Å². The van der Waals surface area contributed by atoms with Gasteiger partial charge in [-0.05, 0) is 31.6 Å². The maximum Gasteiger partial charge on any atom is 0.153 e. The van der Waals surface area contributed by atoms with Crippen molar-refractivity contribution >= 4 is 9.84 Å². The van der Waals surface area contributed by atoms with Gasteiger partial charge in [0.1, 0.15) is 0 Å². The van der Waals surface area contributed by atoms with Gasteiger partial charge in [-0.3, -0.25) is 0 Å². The number of hydrogen-bond donors (Lipinski definition) is 1. The summed E-state index contributed by atoms with van der Waals surface area (Å²) in [6, 6.07) is 0. The van der Waals surface area contributed by atoms with Crippen molar-refractivity contribution in [3.8, 4) is 0 Å². The molecule has 0 aromatic rings. The Hall–Kier alpha value is -0.130. The van der Waals surface area contributed by atoms with E-state index in [1.165, 1.54) is 0 Å². The van der Waals surface area contributed by atoms with Crippen LogP contribution in [0.3, 0.4) is 0 Å². The third kappa shape index (κ3) is 2.92. The lowest BCUT2D eigenvalue weighted by Gasteiger charge is -2.29. The molecule has 1 unspecified atom stereocenters. The molecule has 0 aromatic heterocycles. The Labute approximate surface area is 90.5 Å². The second-order valence-corrected chi connectivity index (χ2v) is 7.01. The monoisotopic (exact) mass is 234 g/mol. The molecule has 88 valence electrons. The molecular formula is C10H18O4S. The SMILES string of the molecule is O=S1(=O)CCC(O)(CC2CCOCC2)C1. The summed E-state index contributed by atoms with van der Waals surface area (Å²) in [5.74, 6) is 0.529. The summed E-state index contributed by atoms with van der Waals surface area (Å²) in [6.07, 6.45) is 2.92. The molecule has 0 spiro atoms. The number of hydrogen-bond acceptors (Lipinski definition) is 4. The first-order chi connectivity index (χ1) is 6.99. The molecule has 1 atom stereocenters. The molecule has 0 radical (unpaired) electrons. The fourth-order valence-electron chi connectivity index (χ4n) is 2.55. The van der Waals surface area contributed by atoms with Crippen molar-refractivity contribution in [2.45, 2.75) is 31.3 Å². The van der Waals surface area contributed by atoms with E-state index in [0.29, 0.717) is 18.8 Å². The Balaban J connectivity index is 1.93. The lowest BCUT2D eigenvalue weighted by Crippen LogP contribution is -2.34. The molecule has 2 fully saturated rings. The second kappa shape index (κ2) is 4.03. The molecule has 0 aliphatic carbocycles. The molecule has 0 bridgehead atoms. The summed E-state index contributed by atoms with van der Waals surface area (Å²) < 4.78 is 27.8. The first kappa shape index (κ1) is 11.4. The molecule has 2 aliphatic heterocycles. The molecule has 0 amide bonds. The molecule has 0 saturated carbocycles. The highest BCUT2D eigenvalue weighted by atomic mass is 32.2. The molecule has 4 nitrogen and oxygen atoms in total. The predicted octanol–water partition coefficient (Wildman–Crippen LogP) is 0.353. The summed E-state index contributed by atoms with van der Waals surface area (Å²) in [6.45, 7) is 1.49. The molecule has 2 heterocycles. The van der Waals surface area contributed by atoms with Gasteiger partial charge in [0.2, 0.25) is 0 Å². The largest absolute Gasteiger partial charge is 0.389 e. The molecule has 0 aromatic carbocycles. The molecule has 2 saturated heterocycles. The Morgan fingerprint density at radius 1 is 1.33 bits per heavy atom. The van der Waals surface area contributed by atoms with Gasteiger partial charge in [-0.15, -0.1) is 0 Å². The predicted molar refractivity (Wildman–Crippen MR) is 56.4 cm³/mol. The number of sulfone groups is 1. The fourth-order valence-corrected chi connectivity index (χ4v) is 4.46. The lowest BCUT2D eigenvalue weighted by molar-refractivity contribution is 0.00456. The maximum atomic E-state index is 11.3. The van der Waals surface area contributed by atoms with Gasteiger partial charge in [0.25, 0.3) is 0 Å². The third-order valence-electron chi connectivity index (χ3n) is 3.38. The van der Waals surface area contributed by atoms with E-state index in [4.69, 9.17) is 4.74 Å². The van der Waals surface area contributed by atoms with Gasteiger partial charge >= 0.3 is 0 Å². The topological polar surface area (TPSA) is 63.6 Å². The zero-order valence-corrected chi connectivity index (χ0v) is 9.63. The summed E-state index contributed by atoms with van der Waals surface area (Å²) in [7, 11) is -2.99. The summed E-state index contributed by atoms with van der Waals surface area (Å²) >= 11 is 0. The van der Waals surface area contributed by atoms with Gasteiger partial charge in [0.05, 0.1) is 17.1 Å². The van der Waals surface area contributed by atoms with Crippen LogP contribution in [0, 0.1) is 5.92 Å². The number of aliphatic hydroxyl groups is 1. The Bertz CT molecular complexity index is 318. The van der Waals surface area contributed by atoms with Crippen molar-refractivity contribution in [2.24, 2.45) is 5.92 Å². The van der Waals surface area contributed by atoms with Crippen molar-refractivity contribution in [3.05, 3.63) is 0 Å². The van der Waals surface area contributed by atoms with E-state index >= 15 is 0 Å². The van der Waals surface area contributed by atoms with Gasteiger partial charge in [0, 0.05) is 13.2 Å². The van der Waals surface area contributed by atoms with E-state index in [-0.39, 0.29) is 11.5 Å². The van der Waals surface area contributed by atoms with Crippen LogP contribution in [0.25, 0.3) is 0 Å². The lowest BCUT2D eigenvalue weighted by atomic mass is 9.86. The van der Waals surface area contributed by atoms with Crippen molar-refractivity contribution in [3.63, 3.8) is 0 Å². The van der Waals surface area contributed by atoms with Crippen LogP contribution in [0.2, 0.25) is 0 Å². The van der Waals surface area contributed by atoms with E-state index in [1.54, 1.807) is 0 Å². The van der Waals surface area contributed by atoms with Crippen LogP contribution in [0.5, 0.6) is 0 Å². The minimum Gasteiger partial charge on any atom is -0.389 e. The average Bonchev–Trinajstić information content (AvgIpc) is 2.42. The molecular weight excluding hydrogens is 216 g/mol. The van der Waals surface area contributed by atoms with Gasteiger partial charge in [-0.2, -0.15) is 0 Å². The highest BCUT2D eigenvalue weighted by molar-refractivity contribution is 7.91. The van der Waals surface area contributed by atoms with E-state index in [2.05, 4.69) is 0 Å². The Morgan fingerprint density at radius 2 is 2.00 bits per heavy atom. The quantitative estimate of drug-likeness (QED) is 0.749. The van der Waals surface area contributed by atoms with Crippen LogP contribution in [-0.2, 0) is 14.6 Å². The Morgan fingerprint density at radius 3 is 2.53 bits per heavy atom. The first-order valence-corrected chi connectivity index (χ1v) is 7.32. The summed E-state index contributed by atoms with van der Waals surface area (Å²) in [5, 5.41) is 10.2. The van der Waals surface area contributed by atoms with E-state index in [0.717, 1.165) is 26.1 Å². The zero-order chi connectivity index (χ0) is 10.9. The van der Waals surface area contributed by atoms with Crippen molar-refractivity contribution in [2.75, 3.05) is 24.7 Å². The van der Waals surface area contributed by atoms with E-state index in [1.807, 2.05) is 0 Å². The van der Waals surface area contributed by atoms with Crippen molar-refractivity contribution in [1.82, 2.24) is 0 Å². The highest BCUT2D eigenvalue weighted by Crippen LogP contribution is 2.33. The average molecular weight is 234 g/mol. The Kier molecular flexibility index (Phi) is 3.05. The fraction of sp³-hybridized carbons (Fsp3) is 1.00. The van der Waals surface area contributed by atoms with E-state index in [9.17, 15) is 13.5 Å². The maximum absolute atomic E-state index is 11.3. The molecule has 5 heteroatoms. The van der Waals surface area contributed by atoms with Crippen molar-refractivity contribution < 1.29 is 18.3 Å². The highest BCUT2D eigenvalue weighted by Gasteiger charge is 2.41. The third-order valence-corrected chi connectivity index (χ3v) is 5.18. The van der Waals surface area contributed by atoms with Crippen LogP contribution < -0.4 is 0 Å². The number of ether oxygens (including phenoxy) is 1. The van der Waals surface area contributed by atoms with E-state index < -0.39 is 15.4 Å².